The van der Waals surface area contributed by atoms with Gasteiger partial charge in [0.1, 0.15) is 0 Å². The van der Waals surface area contributed by atoms with Crippen molar-refractivity contribution in [2.75, 3.05) is 26.3 Å². The van der Waals surface area contributed by atoms with Crippen LogP contribution in [0.5, 0.6) is 0 Å². The fourth-order valence-corrected chi connectivity index (χ4v) is 2.36. The number of carbonyl (C=O) groups excluding carboxylic acids is 3. The molecule has 1 aliphatic heterocycles. The first-order valence-electron chi connectivity index (χ1n) is 8.12. The first kappa shape index (κ1) is 17.9. The fraction of sp³-hybridized carbons (Fsp3) is 0.471. The molecule has 0 radical (unpaired) electrons. The minimum atomic E-state index is -0.371. The fourth-order valence-electron chi connectivity index (χ4n) is 2.36. The topological polar surface area (TPSA) is 87.7 Å². The van der Waals surface area contributed by atoms with Gasteiger partial charge in [-0.3, -0.25) is 25.2 Å². The van der Waals surface area contributed by atoms with Crippen LogP contribution in [0.15, 0.2) is 30.3 Å². The highest BCUT2D eigenvalue weighted by Crippen LogP contribution is 2.03. The Labute approximate surface area is 141 Å². The monoisotopic (exact) mass is 333 g/mol. The number of rotatable bonds is 6. The number of benzene rings is 1. The molecular formula is C17H23N3O4. The van der Waals surface area contributed by atoms with E-state index in [0.29, 0.717) is 32.7 Å². The molecule has 7 nitrogen and oxygen atoms in total. The number of nitrogens with one attached hydrogen (secondary N) is 2. The molecule has 0 bridgehead atoms. The van der Waals surface area contributed by atoms with Gasteiger partial charge in [-0.15, -0.1) is 0 Å². The van der Waals surface area contributed by atoms with Crippen molar-refractivity contribution >= 4 is 17.7 Å². The summed E-state index contributed by atoms with van der Waals surface area (Å²) in [5.41, 5.74) is 5.78. The van der Waals surface area contributed by atoms with E-state index in [1.165, 1.54) is 0 Å². The predicted octanol–water partition coefficient (Wildman–Crippen LogP) is 0.406. The van der Waals surface area contributed by atoms with Crippen LogP contribution in [0.4, 0.5) is 0 Å². The van der Waals surface area contributed by atoms with Crippen LogP contribution in [0, 0.1) is 0 Å². The van der Waals surface area contributed by atoms with Gasteiger partial charge in [-0.2, -0.15) is 0 Å². The zero-order valence-electron chi connectivity index (χ0n) is 13.6. The molecule has 1 fully saturated rings. The second kappa shape index (κ2) is 9.67. The van der Waals surface area contributed by atoms with Crippen molar-refractivity contribution in [2.45, 2.75) is 25.7 Å². The maximum atomic E-state index is 11.9. The van der Waals surface area contributed by atoms with Crippen LogP contribution in [0.2, 0.25) is 0 Å². The van der Waals surface area contributed by atoms with E-state index in [1.54, 1.807) is 4.90 Å². The van der Waals surface area contributed by atoms with Crippen LogP contribution in [0.25, 0.3) is 0 Å². The maximum absolute atomic E-state index is 11.9. The molecule has 1 aromatic carbocycles. The number of ether oxygens (including phenoxy) is 1. The van der Waals surface area contributed by atoms with Gasteiger partial charge in [-0.25, -0.2) is 0 Å². The van der Waals surface area contributed by atoms with Crippen molar-refractivity contribution < 1.29 is 19.1 Å². The Hall–Kier alpha value is -2.41. The first-order valence-corrected chi connectivity index (χ1v) is 8.12. The van der Waals surface area contributed by atoms with Gasteiger partial charge in [0, 0.05) is 32.4 Å². The molecular weight excluding hydrogens is 310 g/mol. The van der Waals surface area contributed by atoms with Crippen molar-refractivity contribution in [2.24, 2.45) is 0 Å². The Bertz CT molecular complexity index is 556. The molecule has 0 saturated carbocycles. The Balaban J connectivity index is 1.58. The van der Waals surface area contributed by atoms with Crippen molar-refractivity contribution in [3.63, 3.8) is 0 Å². The standard InChI is InChI=1S/C17H23N3O4/c21-15(7-6-14-4-2-1-3-5-14)18-19-16(22)8-9-17(23)20-10-12-24-13-11-20/h1-5H,6-13H2,(H,18,21)(H,19,22). The van der Waals surface area contributed by atoms with Crippen LogP contribution < -0.4 is 10.9 Å². The summed E-state index contributed by atoms with van der Waals surface area (Å²) in [6, 6.07) is 9.65. The molecule has 3 amide bonds. The number of hydrogen-bond donors (Lipinski definition) is 2. The Morgan fingerprint density at radius 1 is 0.917 bits per heavy atom. The normalized spacial score (nSPS) is 14.1. The number of morpholine rings is 1. The summed E-state index contributed by atoms with van der Waals surface area (Å²) in [7, 11) is 0. The van der Waals surface area contributed by atoms with Gasteiger partial charge >= 0.3 is 0 Å². The third-order valence-corrected chi connectivity index (χ3v) is 3.75. The highest BCUT2D eigenvalue weighted by atomic mass is 16.5. The molecule has 1 aromatic rings. The van der Waals surface area contributed by atoms with Crippen LogP contribution >= 0.6 is 0 Å². The van der Waals surface area contributed by atoms with E-state index < -0.39 is 0 Å². The van der Waals surface area contributed by atoms with Crippen LogP contribution in [-0.4, -0.2) is 48.9 Å². The third kappa shape index (κ3) is 6.37. The summed E-state index contributed by atoms with van der Waals surface area (Å²) >= 11 is 0. The maximum Gasteiger partial charge on any atom is 0.238 e. The molecule has 2 N–H and O–H groups in total. The van der Waals surface area contributed by atoms with Crippen LogP contribution in [0.3, 0.4) is 0 Å². The Morgan fingerprint density at radius 2 is 1.54 bits per heavy atom. The first-order chi connectivity index (χ1) is 11.6. The van der Waals surface area contributed by atoms with E-state index in [-0.39, 0.29) is 37.0 Å². The summed E-state index contributed by atoms with van der Waals surface area (Å²) in [5.74, 6) is -0.694. The van der Waals surface area contributed by atoms with E-state index in [2.05, 4.69) is 10.9 Å². The van der Waals surface area contributed by atoms with Gasteiger partial charge in [0.2, 0.25) is 17.7 Å². The second-order valence-electron chi connectivity index (χ2n) is 5.58. The zero-order valence-corrected chi connectivity index (χ0v) is 13.6. The summed E-state index contributed by atoms with van der Waals surface area (Å²) in [5, 5.41) is 0. The highest BCUT2D eigenvalue weighted by molar-refractivity contribution is 5.85. The Kier molecular flexibility index (Phi) is 7.22. The molecule has 1 saturated heterocycles. The summed E-state index contributed by atoms with van der Waals surface area (Å²) < 4.78 is 5.17. The van der Waals surface area contributed by atoms with Gasteiger partial charge in [0.15, 0.2) is 0 Å². The molecule has 1 aliphatic rings. The summed E-state index contributed by atoms with van der Waals surface area (Å²) in [6.07, 6.45) is 1.08. The van der Waals surface area contributed by atoms with E-state index in [9.17, 15) is 14.4 Å². The number of carbonyl (C=O) groups is 3. The molecule has 0 aliphatic carbocycles. The smallest absolute Gasteiger partial charge is 0.238 e. The number of hydrazine groups is 1. The lowest BCUT2D eigenvalue weighted by Crippen LogP contribution is -2.43. The van der Waals surface area contributed by atoms with Crippen molar-refractivity contribution in [3.05, 3.63) is 35.9 Å². The van der Waals surface area contributed by atoms with Crippen molar-refractivity contribution in [1.82, 2.24) is 15.8 Å². The number of amides is 3. The number of nitrogens with zero attached hydrogens (tertiary/aromatic N) is 1. The molecule has 1 heterocycles. The van der Waals surface area contributed by atoms with E-state index >= 15 is 0 Å². The van der Waals surface area contributed by atoms with Gasteiger partial charge in [-0.05, 0) is 12.0 Å². The molecule has 0 aromatic heterocycles. The molecule has 130 valence electrons. The quantitative estimate of drug-likeness (QED) is 0.738. The van der Waals surface area contributed by atoms with E-state index in [0.717, 1.165) is 5.56 Å². The Morgan fingerprint density at radius 3 is 2.21 bits per heavy atom. The van der Waals surface area contributed by atoms with Crippen LogP contribution in [0.1, 0.15) is 24.8 Å². The van der Waals surface area contributed by atoms with Gasteiger partial charge in [-0.1, -0.05) is 30.3 Å². The average Bonchev–Trinajstić information content (AvgIpc) is 2.64. The molecule has 24 heavy (non-hydrogen) atoms. The largest absolute Gasteiger partial charge is 0.378 e. The minimum Gasteiger partial charge on any atom is -0.378 e. The van der Waals surface area contributed by atoms with Crippen LogP contribution in [-0.2, 0) is 25.5 Å². The molecule has 7 heteroatoms. The third-order valence-electron chi connectivity index (χ3n) is 3.75. The second-order valence-corrected chi connectivity index (χ2v) is 5.58. The minimum absolute atomic E-state index is 0.0507. The molecule has 2 rings (SSSR count). The molecule has 0 unspecified atom stereocenters. The van der Waals surface area contributed by atoms with E-state index in [4.69, 9.17) is 4.74 Å². The molecule has 0 spiro atoms. The lowest BCUT2D eigenvalue weighted by Gasteiger charge is -2.26. The van der Waals surface area contributed by atoms with Crippen molar-refractivity contribution in [3.8, 4) is 0 Å². The summed E-state index contributed by atoms with van der Waals surface area (Å²) in [4.78, 5) is 37.0. The van der Waals surface area contributed by atoms with E-state index in [1.807, 2.05) is 30.3 Å². The number of aryl methyl sites for hydroxylation is 1. The van der Waals surface area contributed by atoms with Crippen molar-refractivity contribution in [1.29, 1.82) is 0 Å². The SMILES string of the molecule is O=C(CCC(=O)N1CCOCC1)NNC(=O)CCc1ccccc1. The average molecular weight is 333 g/mol. The zero-order chi connectivity index (χ0) is 17.2. The van der Waals surface area contributed by atoms with Gasteiger partial charge in [0.05, 0.1) is 13.2 Å². The predicted molar refractivity (Wildman–Crippen MR) is 87.7 cm³/mol. The lowest BCUT2D eigenvalue weighted by atomic mass is 10.1. The highest BCUT2D eigenvalue weighted by Gasteiger charge is 2.17. The van der Waals surface area contributed by atoms with Gasteiger partial charge < -0.3 is 9.64 Å². The molecule has 0 atom stereocenters. The lowest BCUT2D eigenvalue weighted by molar-refractivity contribution is -0.137. The number of hydrogen-bond acceptors (Lipinski definition) is 4. The summed E-state index contributed by atoms with van der Waals surface area (Å²) in [6.45, 7) is 2.21. The van der Waals surface area contributed by atoms with Gasteiger partial charge in [0.25, 0.3) is 0 Å².